The van der Waals surface area contributed by atoms with E-state index in [1.54, 1.807) is 0 Å². The molecule has 0 unspecified atom stereocenters. The fourth-order valence-corrected chi connectivity index (χ4v) is 0.794. The molecule has 1 aromatic carbocycles. The predicted molar refractivity (Wildman–Crippen MR) is 39.2 cm³/mol. The first kappa shape index (κ1) is 8.86. The number of alkyl halides is 2. The molecule has 0 amide bonds. The zero-order chi connectivity index (χ0) is 9.14. The number of benzene rings is 1. The molecule has 0 radical (unpaired) electrons. The average Bonchev–Trinajstić information content (AvgIpc) is 2.03. The summed E-state index contributed by atoms with van der Waals surface area (Å²) in [6, 6.07) is 3.20. The van der Waals surface area contributed by atoms with Gasteiger partial charge in [-0.15, -0.1) is 0 Å². The zero-order valence-electron chi connectivity index (χ0n) is 6.02. The number of hydrogen-bond donors (Lipinski definition) is 2. The van der Waals surface area contributed by atoms with Crippen LogP contribution in [0.1, 0.15) is 12.0 Å². The molecule has 66 valence electrons. The molecule has 2 nitrogen and oxygen atoms in total. The van der Waals surface area contributed by atoms with E-state index in [2.05, 4.69) is 5.43 Å². The predicted octanol–water partition coefficient (Wildman–Crippen LogP) is 2.05. The summed E-state index contributed by atoms with van der Waals surface area (Å²) in [5.74, 6) is 3.98. The van der Waals surface area contributed by atoms with E-state index in [1.165, 1.54) is 6.07 Å². The molecule has 0 heterocycles. The maximum Gasteiger partial charge on any atom is 0.266 e. The SMILES string of the molecule is NNc1ccc(C(F)F)c(F)c1. The Labute approximate surface area is 67.2 Å². The van der Waals surface area contributed by atoms with Gasteiger partial charge in [0.15, 0.2) is 0 Å². The number of halogens is 3. The van der Waals surface area contributed by atoms with Crippen molar-refractivity contribution in [2.24, 2.45) is 5.84 Å². The number of anilines is 1. The van der Waals surface area contributed by atoms with Crippen LogP contribution < -0.4 is 11.3 Å². The van der Waals surface area contributed by atoms with Crippen LogP contribution in [0.5, 0.6) is 0 Å². The van der Waals surface area contributed by atoms with Gasteiger partial charge in [-0.05, 0) is 18.2 Å². The highest BCUT2D eigenvalue weighted by atomic mass is 19.3. The molecule has 1 aromatic rings. The third-order valence-corrected chi connectivity index (χ3v) is 1.40. The van der Waals surface area contributed by atoms with E-state index in [0.29, 0.717) is 0 Å². The van der Waals surface area contributed by atoms with Crippen LogP contribution in [0, 0.1) is 5.82 Å². The topological polar surface area (TPSA) is 38.0 Å². The molecule has 0 saturated carbocycles. The molecule has 5 heteroatoms. The molecule has 0 fully saturated rings. The standard InChI is InChI=1S/C7H7F3N2/c8-6-3-4(12-11)1-2-5(6)7(9)10/h1-3,7,12H,11H2. The lowest BCUT2D eigenvalue weighted by atomic mass is 10.2. The highest BCUT2D eigenvalue weighted by Crippen LogP contribution is 2.23. The van der Waals surface area contributed by atoms with Crippen molar-refractivity contribution in [1.82, 2.24) is 0 Å². The average molecular weight is 176 g/mol. The summed E-state index contributed by atoms with van der Waals surface area (Å²) in [7, 11) is 0. The van der Waals surface area contributed by atoms with Gasteiger partial charge < -0.3 is 5.43 Å². The first-order valence-electron chi connectivity index (χ1n) is 3.19. The van der Waals surface area contributed by atoms with Gasteiger partial charge in [-0.1, -0.05) is 0 Å². The van der Waals surface area contributed by atoms with Crippen molar-refractivity contribution in [2.45, 2.75) is 6.43 Å². The Kier molecular flexibility index (Phi) is 2.54. The molecule has 0 saturated heterocycles. The van der Waals surface area contributed by atoms with Gasteiger partial charge >= 0.3 is 0 Å². The Balaban J connectivity index is 3.03. The molecule has 1 rings (SSSR count). The minimum atomic E-state index is -2.79. The minimum absolute atomic E-state index is 0.261. The molecule has 3 N–H and O–H groups in total. The largest absolute Gasteiger partial charge is 0.324 e. The van der Waals surface area contributed by atoms with Crippen LogP contribution in [0.3, 0.4) is 0 Å². The smallest absolute Gasteiger partial charge is 0.266 e. The molecule has 0 bridgehead atoms. The second kappa shape index (κ2) is 3.44. The van der Waals surface area contributed by atoms with Crippen molar-refractivity contribution in [3.63, 3.8) is 0 Å². The molecular weight excluding hydrogens is 169 g/mol. The van der Waals surface area contributed by atoms with Crippen molar-refractivity contribution >= 4 is 5.69 Å². The summed E-state index contributed by atoms with van der Waals surface area (Å²) in [6.45, 7) is 0. The van der Waals surface area contributed by atoms with Crippen LogP contribution in [0.2, 0.25) is 0 Å². The van der Waals surface area contributed by atoms with Crippen LogP contribution in [0.4, 0.5) is 18.9 Å². The lowest BCUT2D eigenvalue weighted by Crippen LogP contribution is -2.07. The number of hydrogen-bond acceptors (Lipinski definition) is 2. The monoisotopic (exact) mass is 176 g/mol. The molecule has 0 aliphatic heterocycles. The van der Waals surface area contributed by atoms with Crippen molar-refractivity contribution < 1.29 is 13.2 Å². The highest BCUT2D eigenvalue weighted by Gasteiger charge is 2.12. The van der Waals surface area contributed by atoms with Gasteiger partial charge in [0, 0.05) is 0 Å². The van der Waals surface area contributed by atoms with E-state index in [-0.39, 0.29) is 5.69 Å². The summed E-state index contributed by atoms with van der Waals surface area (Å²) < 4.78 is 36.7. The summed E-state index contributed by atoms with van der Waals surface area (Å²) in [5.41, 5.74) is 1.79. The first-order valence-corrected chi connectivity index (χ1v) is 3.19. The molecule has 0 aliphatic rings. The fraction of sp³-hybridized carbons (Fsp3) is 0.143. The molecule has 12 heavy (non-hydrogen) atoms. The quantitative estimate of drug-likeness (QED) is 0.534. The third-order valence-electron chi connectivity index (χ3n) is 1.40. The molecule has 0 aliphatic carbocycles. The van der Waals surface area contributed by atoms with E-state index in [9.17, 15) is 13.2 Å². The number of rotatable bonds is 2. The van der Waals surface area contributed by atoms with E-state index in [1.807, 2.05) is 0 Å². The van der Waals surface area contributed by atoms with Crippen LogP contribution >= 0.6 is 0 Å². The Morgan fingerprint density at radius 1 is 1.33 bits per heavy atom. The number of nitrogens with one attached hydrogen (secondary N) is 1. The minimum Gasteiger partial charge on any atom is -0.324 e. The maximum atomic E-state index is 12.7. The summed E-state index contributed by atoms with van der Waals surface area (Å²) in [4.78, 5) is 0. The van der Waals surface area contributed by atoms with E-state index >= 15 is 0 Å². The van der Waals surface area contributed by atoms with Crippen molar-refractivity contribution in [3.05, 3.63) is 29.6 Å². The Morgan fingerprint density at radius 3 is 2.42 bits per heavy atom. The summed E-state index contributed by atoms with van der Waals surface area (Å²) in [6.07, 6.45) is -2.79. The third kappa shape index (κ3) is 1.68. The fourth-order valence-electron chi connectivity index (χ4n) is 0.794. The van der Waals surface area contributed by atoms with Crippen molar-refractivity contribution in [2.75, 3.05) is 5.43 Å². The molecule has 0 spiro atoms. The lowest BCUT2D eigenvalue weighted by molar-refractivity contribution is 0.146. The second-order valence-electron chi connectivity index (χ2n) is 2.18. The van der Waals surface area contributed by atoms with E-state index < -0.39 is 17.8 Å². The maximum absolute atomic E-state index is 12.7. The highest BCUT2D eigenvalue weighted by molar-refractivity contribution is 5.44. The Morgan fingerprint density at radius 2 is 2.00 bits per heavy atom. The zero-order valence-corrected chi connectivity index (χ0v) is 6.02. The van der Waals surface area contributed by atoms with Crippen molar-refractivity contribution in [1.29, 1.82) is 0 Å². The van der Waals surface area contributed by atoms with Gasteiger partial charge in [-0.2, -0.15) is 0 Å². The van der Waals surface area contributed by atoms with Gasteiger partial charge in [0.25, 0.3) is 6.43 Å². The lowest BCUT2D eigenvalue weighted by Gasteiger charge is -2.03. The number of nitrogen functional groups attached to an aromatic ring is 1. The summed E-state index contributed by atoms with van der Waals surface area (Å²) >= 11 is 0. The van der Waals surface area contributed by atoms with Crippen molar-refractivity contribution in [3.8, 4) is 0 Å². The van der Waals surface area contributed by atoms with Gasteiger partial charge in [-0.25, -0.2) is 13.2 Å². The van der Waals surface area contributed by atoms with E-state index in [4.69, 9.17) is 5.84 Å². The van der Waals surface area contributed by atoms with E-state index in [0.717, 1.165) is 12.1 Å². The number of nitrogens with two attached hydrogens (primary N) is 1. The molecule has 0 atom stereocenters. The summed E-state index contributed by atoms with van der Waals surface area (Å²) in [5, 5.41) is 0. The van der Waals surface area contributed by atoms with Gasteiger partial charge in [0.05, 0.1) is 11.3 Å². The number of hydrazine groups is 1. The Hall–Kier alpha value is -1.23. The van der Waals surface area contributed by atoms with Gasteiger partial charge in [-0.3, -0.25) is 5.84 Å². The molecular formula is C7H7F3N2. The first-order chi connectivity index (χ1) is 5.65. The van der Waals surface area contributed by atoms with Crippen LogP contribution in [0.25, 0.3) is 0 Å². The van der Waals surface area contributed by atoms with Gasteiger partial charge in [0.1, 0.15) is 5.82 Å². The van der Waals surface area contributed by atoms with Crippen LogP contribution in [0.15, 0.2) is 18.2 Å². The van der Waals surface area contributed by atoms with Gasteiger partial charge in [0.2, 0.25) is 0 Å². The Bertz CT molecular complexity index is 275. The van der Waals surface area contributed by atoms with Crippen LogP contribution in [-0.4, -0.2) is 0 Å². The normalized spacial score (nSPS) is 10.4. The molecule has 0 aromatic heterocycles. The second-order valence-corrected chi connectivity index (χ2v) is 2.18. The van der Waals surface area contributed by atoms with Crippen LogP contribution in [-0.2, 0) is 0 Å².